The van der Waals surface area contributed by atoms with Gasteiger partial charge in [0, 0.05) is 18.8 Å². The van der Waals surface area contributed by atoms with E-state index in [1.165, 1.54) is 17.7 Å². The van der Waals surface area contributed by atoms with E-state index in [1.807, 2.05) is 10.9 Å². The van der Waals surface area contributed by atoms with Gasteiger partial charge in [0.2, 0.25) is 0 Å². The van der Waals surface area contributed by atoms with Crippen LogP contribution in [0.15, 0.2) is 18.3 Å². The largest absolute Gasteiger partial charge is 0.324 e. The van der Waals surface area contributed by atoms with Crippen molar-refractivity contribution < 1.29 is 0 Å². The molecule has 1 aliphatic rings. The minimum Gasteiger partial charge on any atom is -0.324 e. The van der Waals surface area contributed by atoms with Crippen LogP contribution in [0.5, 0.6) is 0 Å². The lowest BCUT2D eigenvalue weighted by atomic mass is 9.94. The summed E-state index contributed by atoms with van der Waals surface area (Å²) >= 11 is 0. The van der Waals surface area contributed by atoms with Crippen molar-refractivity contribution in [2.75, 3.05) is 0 Å². The molecule has 1 unspecified atom stereocenters. The van der Waals surface area contributed by atoms with Crippen molar-refractivity contribution in [3.63, 3.8) is 0 Å². The van der Waals surface area contributed by atoms with E-state index in [4.69, 9.17) is 5.73 Å². The van der Waals surface area contributed by atoms with Gasteiger partial charge in [-0.2, -0.15) is 5.10 Å². The zero-order chi connectivity index (χ0) is 9.97. The highest BCUT2D eigenvalue weighted by atomic mass is 15.3. The molecule has 2 rings (SSSR count). The highest BCUT2D eigenvalue weighted by molar-refractivity contribution is 5.64. The van der Waals surface area contributed by atoms with E-state index in [2.05, 4.69) is 24.2 Å². The van der Waals surface area contributed by atoms with Crippen molar-refractivity contribution in [1.29, 1.82) is 0 Å². The zero-order valence-corrected chi connectivity index (χ0v) is 8.61. The molecule has 0 saturated carbocycles. The lowest BCUT2D eigenvalue weighted by Gasteiger charge is -2.18. The molecule has 0 aromatic carbocycles. The Bertz CT molecular complexity index is 338. The number of nitrogens with two attached hydrogens (primary N) is 1. The van der Waals surface area contributed by atoms with Gasteiger partial charge in [-0.05, 0) is 37.8 Å². The fraction of sp³-hybridized carbons (Fsp3) is 0.545. The maximum Gasteiger partial charge on any atom is 0.0639 e. The SMILES string of the molecule is CCn1nccc1C1=CC(N)CCC1. The lowest BCUT2D eigenvalue weighted by Crippen LogP contribution is -2.20. The van der Waals surface area contributed by atoms with Crippen molar-refractivity contribution in [1.82, 2.24) is 9.78 Å². The molecule has 0 aliphatic heterocycles. The number of hydrogen-bond acceptors (Lipinski definition) is 2. The van der Waals surface area contributed by atoms with Crippen LogP contribution < -0.4 is 5.73 Å². The van der Waals surface area contributed by atoms with Gasteiger partial charge in [0.25, 0.3) is 0 Å². The van der Waals surface area contributed by atoms with Crippen LogP contribution in [0.4, 0.5) is 0 Å². The van der Waals surface area contributed by atoms with Gasteiger partial charge < -0.3 is 5.73 Å². The summed E-state index contributed by atoms with van der Waals surface area (Å²) in [5.41, 5.74) is 8.52. The van der Waals surface area contributed by atoms with E-state index in [9.17, 15) is 0 Å². The van der Waals surface area contributed by atoms with Crippen LogP contribution in [0.3, 0.4) is 0 Å². The van der Waals surface area contributed by atoms with Crippen LogP contribution in [0, 0.1) is 0 Å². The minimum absolute atomic E-state index is 0.235. The van der Waals surface area contributed by atoms with E-state index >= 15 is 0 Å². The third-order valence-corrected chi connectivity index (χ3v) is 2.74. The second-order valence-corrected chi connectivity index (χ2v) is 3.78. The Balaban J connectivity index is 2.29. The minimum atomic E-state index is 0.235. The summed E-state index contributed by atoms with van der Waals surface area (Å²) in [5.74, 6) is 0. The highest BCUT2D eigenvalue weighted by Gasteiger charge is 2.13. The highest BCUT2D eigenvalue weighted by Crippen LogP contribution is 2.25. The van der Waals surface area contributed by atoms with Gasteiger partial charge in [0.1, 0.15) is 0 Å². The maximum absolute atomic E-state index is 5.92. The first-order valence-electron chi connectivity index (χ1n) is 5.29. The van der Waals surface area contributed by atoms with Crippen LogP contribution in [0.2, 0.25) is 0 Å². The number of aromatic nitrogens is 2. The van der Waals surface area contributed by atoms with Crippen molar-refractivity contribution in [2.24, 2.45) is 5.73 Å². The van der Waals surface area contributed by atoms with Crippen LogP contribution >= 0.6 is 0 Å². The zero-order valence-electron chi connectivity index (χ0n) is 8.61. The fourth-order valence-corrected chi connectivity index (χ4v) is 2.02. The molecule has 1 aromatic heterocycles. The third kappa shape index (κ3) is 1.73. The van der Waals surface area contributed by atoms with Crippen LogP contribution in [-0.4, -0.2) is 15.8 Å². The summed E-state index contributed by atoms with van der Waals surface area (Å²) in [6.45, 7) is 3.04. The van der Waals surface area contributed by atoms with Gasteiger partial charge in [-0.15, -0.1) is 0 Å². The molecule has 1 atom stereocenters. The van der Waals surface area contributed by atoms with Gasteiger partial charge in [0.15, 0.2) is 0 Å². The topological polar surface area (TPSA) is 43.8 Å². The van der Waals surface area contributed by atoms with Gasteiger partial charge in [-0.3, -0.25) is 4.68 Å². The number of hydrogen-bond donors (Lipinski definition) is 1. The van der Waals surface area contributed by atoms with Crippen LogP contribution in [0.25, 0.3) is 5.57 Å². The number of allylic oxidation sites excluding steroid dienone is 1. The molecule has 0 amide bonds. The van der Waals surface area contributed by atoms with Crippen molar-refractivity contribution in [2.45, 2.75) is 38.8 Å². The second-order valence-electron chi connectivity index (χ2n) is 3.78. The van der Waals surface area contributed by atoms with E-state index in [1.54, 1.807) is 0 Å². The van der Waals surface area contributed by atoms with Crippen molar-refractivity contribution in [3.05, 3.63) is 24.0 Å². The predicted molar refractivity (Wildman–Crippen MR) is 57.7 cm³/mol. The molecule has 0 radical (unpaired) electrons. The normalized spacial score (nSPS) is 22.1. The Morgan fingerprint density at radius 3 is 3.21 bits per heavy atom. The molecule has 0 saturated heterocycles. The average Bonchev–Trinajstić information content (AvgIpc) is 2.65. The Morgan fingerprint density at radius 1 is 1.64 bits per heavy atom. The number of rotatable bonds is 2. The van der Waals surface area contributed by atoms with E-state index in [0.717, 1.165) is 19.4 Å². The lowest BCUT2D eigenvalue weighted by molar-refractivity contribution is 0.626. The fourth-order valence-electron chi connectivity index (χ4n) is 2.02. The average molecular weight is 191 g/mol. The molecule has 1 heterocycles. The maximum atomic E-state index is 5.92. The Hall–Kier alpha value is -1.09. The summed E-state index contributed by atoms with van der Waals surface area (Å²) in [7, 11) is 0. The molecule has 3 heteroatoms. The monoisotopic (exact) mass is 191 g/mol. The third-order valence-electron chi connectivity index (χ3n) is 2.74. The molecule has 0 fully saturated rings. The number of nitrogens with zero attached hydrogens (tertiary/aromatic N) is 2. The smallest absolute Gasteiger partial charge is 0.0639 e. The van der Waals surface area contributed by atoms with Crippen LogP contribution in [-0.2, 0) is 6.54 Å². The van der Waals surface area contributed by atoms with Gasteiger partial charge in [-0.25, -0.2) is 0 Å². The van der Waals surface area contributed by atoms with Crippen LogP contribution in [0.1, 0.15) is 31.9 Å². The molecule has 14 heavy (non-hydrogen) atoms. The standard InChI is InChI=1S/C11H17N3/c1-2-14-11(6-7-13-14)9-4-3-5-10(12)8-9/h6-8,10H,2-5,12H2,1H3. The Kier molecular flexibility index (Phi) is 2.68. The van der Waals surface area contributed by atoms with Gasteiger partial charge >= 0.3 is 0 Å². The molecule has 76 valence electrons. The molecular weight excluding hydrogens is 174 g/mol. The summed E-state index contributed by atoms with van der Waals surface area (Å²) in [6.07, 6.45) is 7.50. The Labute approximate surface area is 84.6 Å². The number of aryl methyl sites for hydroxylation is 1. The summed E-state index contributed by atoms with van der Waals surface area (Å²) < 4.78 is 2.03. The summed E-state index contributed by atoms with van der Waals surface area (Å²) in [4.78, 5) is 0. The van der Waals surface area contributed by atoms with Gasteiger partial charge in [0.05, 0.1) is 5.69 Å². The van der Waals surface area contributed by atoms with E-state index in [0.29, 0.717) is 0 Å². The van der Waals surface area contributed by atoms with E-state index in [-0.39, 0.29) is 6.04 Å². The van der Waals surface area contributed by atoms with E-state index < -0.39 is 0 Å². The molecule has 0 bridgehead atoms. The molecular formula is C11H17N3. The predicted octanol–water partition coefficient (Wildman–Crippen LogP) is 1.80. The first kappa shape index (κ1) is 9.46. The molecule has 0 spiro atoms. The first-order chi connectivity index (χ1) is 6.81. The molecule has 2 N–H and O–H groups in total. The van der Waals surface area contributed by atoms with Crippen molar-refractivity contribution >= 4 is 5.57 Å². The van der Waals surface area contributed by atoms with Gasteiger partial charge in [-0.1, -0.05) is 6.08 Å². The second kappa shape index (κ2) is 3.96. The first-order valence-corrected chi connectivity index (χ1v) is 5.29. The summed E-state index contributed by atoms with van der Waals surface area (Å²) in [5, 5.41) is 4.27. The summed E-state index contributed by atoms with van der Waals surface area (Å²) in [6, 6.07) is 2.31. The molecule has 1 aromatic rings. The molecule has 1 aliphatic carbocycles. The quantitative estimate of drug-likeness (QED) is 0.774. The molecule has 3 nitrogen and oxygen atoms in total. The Morgan fingerprint density at radius 2 is 2.50 bits per heavy atom. The van der Waals surface area contributed by atoms with Crippen molar-refractivity contribution in [3.8, 4) is 0 Å².